The Balaban J connectivity index is 2.51. The summed E-state index contributed by atoms with van der Waals surface area (Å²) in [7, 11) is 1.61. The summed E-state index contributed by atoms with van der Waals surface area (Å²) in [6.45, 7) is 0. The van der Waals surface area contributed by atoms with E-state index in [0.29, 0.717) is 11.4 Å². The number of nitrogens with two attached hydrogens (primary N) is 2. The van der Waals surface area contributed by atoms with E-state index in [1.807, 2.05) is 30.3 Å². The average Bonchev–Trinajstić information content (AvgIpc) is 2.33. The van der Waals surface area contributed by atoms with Crippen molar-refractivity contribution in [1.82, 2.24) is 5.32 Å². The van der Waals surface area contributed by atoms with Gasteiger partial charge in [0.15, 0.2) is 5.66 Å². The summed E-state index contributed by atoms with van der Waals surface area (Å²) >= 11 is 0. The molecule has 0 saturated heterocycles. The maximum absolute atomic E-state index is 6.26. The molecule has 0 bridgehead atoms. The zero-order chi connectivity index (χ0) is 11.6. The lowest BCUT2D eigenvalue weighted by atomic mass is 9.94. The van der Waals surface area contributed by atoms with Gasteiger partial charge in [0.1, 0.15) is 5.75 Å². The van der Waals surface area contributed by atoms with E-state index < -0.39 is 5.66 Å². The predicted octanol–water partition coefficient (Wildman–Crippen LogP) is 0.766. The fraction of sp³-hybridized carbons (Fsp3) is 0.167. The molecule has 1 aliphatic rings. The highest BCUT2D eigenvalue weighted by molar-refractivity contribution is 5.45. The van der Waals surface area contributed by atoms with Crippen molar-refractivity contribution >= 4 is 0 Å². The molecule has 0 aliphatic carbocycles. The SMILES string of the molecule is COc1ccccc1C1(N)NC=CC=C1N. The topological polar surface area (TPSA) is 73.3 Å². The number of ether oxygens (including phenoxy) is 1. The first kappa shape index (κ1) is 10.6. The third-order valence-corrected chi connectivity index (χ3v) is 2.67. The second-order valence-corrected chi connectivity index (χ2v) is 3.63. The molecule has 2 rings (SSSR count). The van der Waals surface area contributed by atoms with Crippen LogP contribution in [0.4, 0.5) is 0 Å². The molecule has 1 aromatic rings. The number of methoxy groups -OCH3 is 1. The normalized spacial score (nSPS) is 23.5. The quantitative estimate of drug-likeness (QED) is 0.684. The van der Waals surface area contributed by atoms with E-state index in [1.165, 1.54) is 0 Å². The highest BCUT2D eigenvalue weighted by atomic mass is 16.5. The molecule has 0 saturated carbocycles. The number of para-hydroxylation sites is 1. The Morgan fingerprint density at radius 2 is 2.06 bits per heavy atom. The number of hydrogen-bond donors (Lipinski definition) is 3. The van der Waals surface area contributed by atoms with Gasteiger partial charge in [-0.3, -0.25) is 5.73 Å². The molecule has 1 heterocycles. The molecule has 84 valence electrons. The first-order valence-electron chi connectivity index (χ1n) is 5.01. The lowest BCUT2D eigenvalue weighted by molar-refractivity contribution is 0.379. The number of rotatable bonds is 2. The Bertz CT molecular complexity index is 453. The lowest BCUT2D eigenvalue weighted by Gasteiger charge is -2.33. The van der Waals surface area contributed by atoms with Crippen molar-refractivity contribution in [3.8, 4) is 5.75 Å². The van der Waals surface area contributed by atoms with Gasteiger partial charge in [-0.05, 0) is 24.4 Å². The number of allylic oxidation sites excluding steroid dienone is 2. The Morgan fingerprint density at radius 3 is 2.75 bits per heavy atom. The predicted molar refractivity (Wildman–Crippen MR) is 63.4 cm³/mol. The fourth-order valence-electron chi connectivity index (χ4n) is 1.75. The molecular weight excluding hydrogens is 202 g/mol. The maximum Gasteiger partial charge on any atom is 0.156 e. The van der Waals surface area contributed by atoms with E-state index >= 15 is 0 Å². The maximum atomic E-state index is 6.26. The summed E-state index contributed by atoms with van der Waals surface area (Å²) in [5.41, 5.74) is 12.7. The molecule has 4 heteroatoms. The third kappa shape index (κ3) is 1.53. The fourth-order valence-corrected chi connectivity index (χ4v) is 1.75. The first-order chi connectivity index (χ1) is 7.68. The van der Waals surface area contributed by atoms with Gasteiger partial charge in [0.05, 0.1) is 12.8 Å². The summed E-state index contributed by atoms with van der Waals surface area (Å²) in [5, 5.41) is 3.06. The van der Waals surface area contributed by atoms with Crippen molar-refractivity contribution in [3.63, 3.8) is 0 Å². The number of nitrogens with one attached hydrogen (secondary N) is 1. The molecule has 1 aliphatic heterocycles. The van der Waals surface area contributed by atoms with Gasteiger partial charge in [0.25, 0.3) is 0 Å². The van der Waals surface area contributed by atoms with Gasteiger partial charge in [-0.15, -0.1) is 0 Å². The van der Waals surface area contributed by atoms with Gasteiger partial charge < -0.3 is 15.8 Å². The second-order valence-electron chi connectivity index (χ2n) is 3.63. The Labute approximate surface area is 94.6 Å². The van der Waals surface area contributed by atoms with Crippen LogP contribution in [0, 0.1) is 0 Å². The summed E-state index contributed by atoms with van der Waals surface area (Å²) < 4.78 is 5.29. The lowest BCUT2D eigenvalue weighted by Crippen LogP contribution is -2.53. The molecule has 0 radical (unpaired) electrons. The third-order valence-electron chi connectivity index (χ3n) is 2.67. The summed E-state index contributed by atoms with van der Waals surface area (Å²) in [6, 6.07) is 7.55. The van der Waals surface area contributed by atoms with Crippen molar-refractivity contribution in [3.05, 3.63) is 53.9 Å². The molecule has 0 fully saturated rings. The van der Waals surface area contributed by atoms with E-state index in [9.17, 15) is 0 Å². The van der Waals surface area contributed by atoms with Crippen LogP contribution in [0.3, 0.4) is 0 Å². The molecule has 5 N–H and O–H groups in total. The van der Waals surface area contributed by atoms with Crippen LogP contribution in [0.5, 0.6) is 5.75 Å². The van der Waals surface area contributed by atoms with Crippen LogP contribution in [0.15, 0.2) is 48.3 Å². The number of hydrogen-bond acceptors (Lipinski definition) is 4. The van der Waals surface area contributed by atoms with Crippen LogP contribution < -0.4 is 21.5 Å². The van der Waals surface area contributed by atoms with Gasteiger partial charge in [-0.2, -0.15) is 0 Å². The van der Waals surface area contributed by atoms with Crippen LogP contribution in [0.1, 0.15) is 5.56 Å². The van der Waals surface area contributed by atoms with Gasteiger partial charge in [0.2, 0.25) is 0 Å². The van der Waals surface area contributed by atoms with Gasteiger partial charge in [0, 0.05) is 5.56 Å². The molecule has 16 heavy (non-hydrogen) atoms. The zero-order valence-corrected chi connectivity index (χ0v) is 9.10. The highest BCUT2D eigenvalue weighted by Gasteiger charge is 2.33. The van der Waals surface area contributed by atoms with Crippen molar-refractivity contribution in [2.75, 3.05) is 7.11 Å². The summed E-state index contributed by atoms with van der Waals surface area (Å²) in [6.07, 6.45) is 5.36. The Morgan fingerprint density at radius 1 is 1.31 bits per heavy atom. The molecule has 4 nitrogen and oxygen atoms in total. The molecule has 0 spiro atoms. The average molecular weight is 217 g/mol. The largest absolute Gasteiger partial charge is 0.496 e. The van der Waals surface area contributed by atoms with Crippen molar-refractivity contribution in [1.29, 1.82) is 0 Å². The first-order valence-corrected chi connectivity index (χ1v) is 5.01. The molecule has 1 unspecified atom stereocenters. The van der Waals surface area contributed by atoms with Crippen LogP contribution in [0.25, 0.3) is 0 Å². The minimum Gasteiger partial charge on any atom is -0.496 e. The minimum atomic E-state index is -0.901. The van der Waals surface area contributed by atoms with Crippen LogP contribution in [0.2, 0.25) is 0 Å². The van der Waals surface area contributed by atoms with Crippen LogP contribution >= 0.6 is 0 Å². The summed E-state index contributed by atoms with van der Waals surface area (Å²) in [5.74, 6) is 0.712. The zero-order valence-electron chi connectivity index (χ0n) is 9.10. The summed E-state index contributed by atoms with van der Waals surface area (Å²) in [4.78, 5) is 0. The van der Waals surface area contributed by atoms with Gasteiger partial charge in [-0.1, -0.05) is 18.2 Å². The van der Waals surface area contributed by atoms with Crippen molar-refractivity contribution in [2.24, 2.45) is 11.5 Å². The van der Waals surface area contributed by atoms with E-state index in [0.717, 1.165) is 5.56 Å². The minimum absolute atomic E-state index is 0.555. The Kier molecular flexibility index (Phi) is 2.58. The highest BCUT2D eigenvalue weighted by Crippen LogP contribution is 2.30. The standard InChI is InChI=1S/C12H15N3O/c1-16-10-6-3-2-5-9(10)12(14)11(13)7-4-8-15-12/h2-8,15H,13-14H2,1H3. The van der Waals surface area contributed by atoms with Crippen molar-refractivity contribution in [2.45, 2.75) is 5.66 Å². The van der Waals surface area contributed by atoms with Crippen LogP contribution in [-0.2, 0) is 5.66 Å². The molecule has 0 aromatic heterocycles. The Hall–Kier alpha value is -1.94. The number of benzene rings is 1. The van der Waals surface area contributed by atoms with Gasteiger partial charge >= 0.3 is 0 Å². The molecule has 1 atom stereocenters. The van der Waals surface area contributed by atoms with Gasteiger partial charge in [-0.25, -0.2) is 0 Å². The number of dihydropyridines is 1. The molecular formula is C12H15N3O. The molecule has 1 aromatic carbocycles. The van der Waals surface area contributed by atoms with E-state index in [1.54, 1.807) is 19.4 Å². The van der Waals surface area contributed by atoms with E-state index in [2.05, 4.69) is 5.32 Å². The van der Waals surface area contributed by atoms with Crippen LogP contribution in [-0.4, -0.2) is 7.11 Å². The second kappa shape index (κ2) is 3.90. The van der Waals surface area contributed by atoms with Crippen molar-refractivity contribution < 1.29 is 4.74 Å². The monoisotopic (exact) mass is 217 g/mol. The van der Waals surface area contributed by atoms with E-state index in [4.69, 9.17) is 16.2 Å². The smallest absolute Gasteiger partial charge is 0.156 e. The van der Waals surface area contributed by atoms with E-state index in [-0.39, 0.29) is 0 Å². The molecule has 0 amide bonds.